The van der Waals surface area contributed by atoms with Gasteiger partial charge in [0.05, 0.1) is 17.4 Å². The van der Waals surface area contributed by atoms with E-state index in [0.717, 1.165) is 25.9 Å². The Morgan fingerprint density at radius 2 is 1.76 bits per heavy atom. The fourth-order valence-electron chi connectivity index (χ4n) is 4.32. The highest BCUT2D eigenvalue weighted by atomic mass is 32.2. The zero-order valence-electron chi connectivity index (χ0n) is 16.2. The van der Waals surface area contributed by atoms with Crippen LogP contribution in [0.3, 0.4) is 0 Å². The van der Waals surface area contributed by atoms with E-state index in [2.05, 4.69) is 5.32 Å². The number of hydrogen-bond donors (Lipinski definition) is 1. The lowest BCUT2D eigenvalue weighted by Gasteiger charge is -2.23. The SMILES string of the molecule is O=C(Nc1ccc(C(=O)N2CCCC2)cc1)C1CC(=O)N(C2CCS(=O)(=O)C2)C1. The van der Waals surface area contributed by atoms with Crippen LogP contribution in [0, 0.1) is 5.92 Å². The van der Waals surface area contributed by atoms with Gasteiger partial charge in [-0.1, -0.05) is 0 Å². The molecule has 3 aliphatic rings. The van der Waals surface area contributed by atoms with E-state index >= 15 is 0 Å². The quantitative estimate of drug-likeness (QED) is 0.781. The van der Waals surface area contributed by atoms with E-state index in [4.69, 9.17) is 0 Å². The summed E-state index contributed by atoms with van der Waals surface area (Å²) in [7, 11) is -3.09. The number of carbonyl (C=O) groups is 3. The highest BCUT2D eigenvalue weighted by molar-refractivity contribution is 7.91. The zero-order valence-corrected chi connectivity index (χ0v) is 17.0. The summed E-state index contributed by atoms with van der Waals surface area (Å²) >= 11 is 0. The third-order valence-electron chi connectivity index (χ3n) is 5.97. The molecule has 4 rings (SSSR count). The maximum absolute atomic E-state index is 12.6. The zero-order chi connectivity index (χ0) is 20.6. The molecule has 0 spiro atoms. The Kier molecular flexibility index (Phi) is 5.33. The predicted octanol–water partition coefficient (Wildman–Crippen LogP) is 0.897. The van der Waals surface area contributed by atoms with Crippen LogP contribution in [-0.4, -0.2) is 73.1 Å². The van der Waals surface area contributed by atoms with Crippen molar-refractivity contribution in [2.75, 3.05) is 36.5 Å². The highest BCUT2D eigenvalue weighted by Gasteiger charge is 2.41. The van der Waals surface area contributed by atoms with Crippen molar-refractivity contribution in [3.8, 4) is 0 Å². The van der Waals surface area contributed by atoms with Crippen LogP contribution in [0.15, 0.2) is 24.3 Å². The average Bonchev–Trinajstić information content (AvgIpc) is 3.41. The minimum absolute atomic E-state index is 0.00363. The third kappa shape index (κ3) is 4.29. The minimum Gasteiger partial charge on any atom is -0.339 e. The molecule has 8 nitrogen and oxygen atoms in total. The summed E-state index contributed by atoms with van der Waals surface area (Å²) in [6.45, 7) is 1.81. The number of nitrogens with zero attached hydrogens (tertiary/aromatic N) is 2. The number of amides is 3. The van der Waals surface area contributed by atoms with Crippen molar-refractivity contribution in [2.45, 2.75) is 31.7 Å². The summed E-state index contributed by atoms with van der Waals surface area (Å²) in [4.78, 5) is 40.7. The van der Waals surface area contributed by atoms with Gasteiger partial charge in [-0.25, -0.2) is 8.42 Å². The van der Waals surface area contributed by atoms with Gasteiger partial charge in [0.2, 0.25) is 11.8 Å². The molecule has 2 unspecified atom stereocenters. The number of likely N-dealkylation sites (tertiary alicyclic amines) is 2. The van der Waals surface area contributed by atoms with Crippen molar-refractivity contribution in [1.29, 1.82) is 0 Å². The number of carbonyl (C=O) groups excluding carboxylic acids is 3. The smallest absolute Gasteiger partial charge is 0.253 e. The van der Waals surface area contributed by atoms with E-state index < -0.39 is 15.8 Å². The largest absolute Gasteiger partial charge is 0.339 e. The predicted molar refractivity (Wildman–Crippen MR) is 107 cm³/mol. The molecule has 3 fully saturated rings. The van der Waals surface area contributed by atoms with Crippen LogP contribution in [0.2, 0.25) is 0 Å². The molecular weight excluding hydrogens is 394 g/mol. The van der Waals surface area contributed by atoms with Crippen molar-refractivity contribution in [3.05, 3.63) is 29.8 Å². The topological polar surface area (TPSA) is 104 Å². The Morgan fingerprint density at radius 3 is 2.38 bits per heavy atom. The normalized spacial score (nSPS) is 26.1. The fourth-order valence-corrected chi connectivity index (χ4v) is 6.06. The van der Waals surface area contributed by atoms with Crippen LogP contribution >= 0.6 is 0 Å². The highest BCUT2D eigenvalue weighted by Crippen LogP contribution is 2.27. The van der Waals surface area contributed by atoms with Crippen LogP contribution in [0.25, 0.3) is 0 Å². The summed E-state index contributed by atoms with van der Waals surface area (Å²) in [5.41, 5.74) is 1.16. The van der Waals surface area contributed by atoms with Crippen molar-refractivity contribution >= 4 is 33.2 Å². The molecule has 1 N–H and O–H groups in total. The molecule has 3 saturated heterocycles. The minimum atomic E-state index is -3.09. The fraction of sp³-hybridized carbons (Fsp3) is 0.550. The Labute approximate surface area is 170 Å². The van der Waals surface area contributed by atoms with Gasteiger partial charge in [-0.2, -0.15) is 0 Å². The van der Waals surface area contributed by atoms with E-state index in [1.807, 2.05) is 4.90 Å². The Hall–Kier alpha value is -2.42. The Balaban J connectivity index is 1.34. The number of nitrogens with one attached hydrogen (secondary N) is 1. The van der Waals surface area contributed by atoms with Gasteiger partial charge >= 0.3 is 0 Å². The van der Waals surface area contributed by atoms with Crippen LogP contribution in [-0.2, 0) is 19.4 Å². The molecule has 2 atom stereocenters. The van der Waals surface area contributed by atoms with Gasteiger partial charge < -0.3 is 15.1 Å². The van der Waals surface area contributed by atoms with Gasteiger partial charge in [0, 0.05) is 43.3 Å². The van der Waals surface area contributed by atoms with Crippen LogP contribution < -0.4 is 5.32 Å². The molecule has 0 saturated carbocycles. The van der Waals surface area contributed by atoms with Gasteiger partial charge in [-0.05, 0) is 43.5 Å². The molecule has 0 bridgehead atoms. The van der Waals surface area contributed by atoms with Gasteiger partial charge in [0.25, 0.3) is 5.91 Å². The number of anilines is 1. The Bertz CT molecular complexity index is 922. The van der Waals surface area contributed by atoms with E-state index in [1.165, 1.54) is 0 Å². The summed E-state index contributed by atoms with van der Waals surface area (Å²) in [6, 6.07) is 6.47. The molecule has 3 heterocycles. The van der Waals surface area contributed by atoms with Gasteiger partial charge in [0.15, 0.2) is 9.84 Å². The first-order valence-electron chi connectivity index (χ1n) is 10.0. The molecule has 3 aliphatic heterocycles. The molecule has 29 heavy (non-hydrogen) atoms. The van der Waals surface area contributed by atoms with Gasteiger partial charge in [-0.15, -0.1) is 0 Å². The monoisotopic (exact) mass is 419 g/mol. The first kappa shape index (κ1) is 19.9. The van der Waals surface area contributed by atoms with E-state index in [9.17, 15) is 22.8 Å². The van der Waals surface area contributed by atoms with Crippen LogP contribution in [0.4, 0.5) is 5.69 Å². The first-order chi connectivity index (χ1) is 13.8. The molecule has 9 heteroatoms. The lowest BCUT2D eigenvalue weighted by molar-refractivity contribution is -0.129. The first-order valence-corrected chi connectivity index (χ1v) is 11.8. The molecule has 0 radical (unpaired) electrons. The summed E-state index contributed by atoms with van der Waals surface area (Å²) in [6.07, 6.45) is 2.59. The number of benzene rings is 1. The van der Waals surface area contributed by atoms with Crippen molar-refractivity contribution in [1.82, 2.24) is 9.80 Å². The van der Waals surface area contributed by atoms with E-state index in [-0.39, 0.29) is 48.2 Å². The molecule has 0 aliphatic carbocycles. The van der Waals surface area contributed by atoms with Crippen molar-refractivity contribution < 1.29 is 22.8 Å². The van der Waals surface area contributed by atoms with E-state index in [0.29, 0.717) is 17.7 Å². The number of hydrogen-bond acceptors (Lipinski definition) is 5. The summed E-state index contributed by atoms with van der Waals surface area (Å²) in [5, 5.41) is 2.81. The number of rotatable bonds is 4. The third-order valence-corrected chi connectivity index (χ3v) is 7.72. The van der Waals surface area contributed by atoms with Crippen LogP contribution in [0.1, 0.15) is 36.0 Å². The summed E-state index contributed by atoms with van der Waals surface area (Å²) in [5.74, 6) is -0.847. The lowest BCUT2D eigenvalue weighted by atomic mass is 10.1. The van der Waals surface area contributed by atoms with E-state index in [1.54, 1.807) is 29.2 Å². The second-order valence-electron chi connectivity index (χ2n) is 8.07. The maximum Gasteiger partial charge on any atom is 0.253 e. The maximum atomic E-state index is 12.6. The standard InChI is InChI=1S/C20H25N3O5S/c24-18-11-15(12-23(18)17-7-10-29(27,28)13-17)19(25)21-16-5-3-14(4-6-16)20(26)22-8-1-2-9-22/h3-6,15,17H,1-2,7-13H2,(H,21,25). The summed E-state index contributed by atoms with van der Waals surface area (Å²) < 4.78 is 23.4. The molecule has 1 aromatic rings. The second kappa shape index (κ2) is 7.78. The Morgan fingerprint density at radius 1 is 1.07 bits per heavy atom. The lowest BCUT2D eigenvalue weighted by Crippen LogP contribution is -2.38. The van der Waals surface area contributed by atoms with Crippen molar-refractivity contribution in [2.24, 2.45) is 5.92 Å². The molecule has 1 aromatic carbocycles. The molecule has 156 valence electrons. The van der Waals surface area contributed by atoms with Crippen molar-refractivity contribution in [3.63, 3.8) is 0 Å². The second-order valence-corrected chi connectivity index (χ2v) is 10.3. The molecule has 0 aromatic heterocycles. The molecule has 3 amide bonds. The molecular formula is C20H25N3O5S. The van der Waals surface area contributed by atoms with Gasteiger partial charge in [0.1, 0.15) is 0 Å². The van der Waals surface area contributed by atoms with Gasteiger partial charge in [-0.3, -0.25) is 14.4 Å². The average molecular weight is 420 g/mol. The number of sulfone groups is 1. The van der Waals surface area contributed by atoms with Crippen LogP contribution in [0.5, 0.6) is 0 Å².